The first kappa shape index (κ1) is 15.7. The molecule has 0 fully saturated rings. The third-order valence-electron chi connectivity index (χ3n) is 2.07. The number of carbonyl (C=O) groups is 1. The molecule has 0 atom stereocenters. The molecule has 5 heteroatoms. The quantitative estimate of drug-likeness (QED) is 0.762. The first-order chi connectivity index (χ1) is 7.77. The molecule has 0 aromatic heterocycles. The Bertz CT molecular complexity index is 345. The first-order valence-corrected chi connectivity index (χ1v) is 5.49. The molecule has 0 aliphatic carbocycles. The lowest BCUT2D eigenvalue weighted by atomic mass is 10.2. The van der Waals surface area contributed by atoms with Crippen LogP contribution < -0.4 is 15.8 Å². The van der Waals surface area contributed by atoms with Crippen molar-refractivity contribution in [3.8, 4) is 5.75 Å². The van der Waals surface area contributed by atoms with E-state index in [2.05, 4.69) is 5.32 Å². The van der Waals surface area contributed by atoms with Crippen LogP contribution in [0.25, 0.3) is 0 Å². The molecule has 1 aromatic carbocycles. The summed E-state index contributed by atoms with van der Waals surface area (Å²) in [4.78, 5) is 11.7. The van der Waals surface area contributed by atoms with Crippen LogP contribution in [0.15, 0.2) is 24.3 Å². The molecule has 0 unspecified atom stereocenters. The minimum Gasteiger partial charge on any atom is -0.494 e. The topological polar surface area (TPSA) is 64.3 Å². The number of nitrogens with two attached hydrogens (primary N) is 1. The van der Waals surface area contributed by atoms with Gasteiger partial charge in [-0.1, -0.05) is 6.07 Å². The average Bonchev–Trinajstić information content (AvgIpc) is 2.30. The lowest BCUT2D eigenvalue weighted by Gasteiger charge is -2.06. The summed E-state index contributed by atoms with van der Waals surface area (Å²) in [5.41, 5.74) is 5.96. The van der Waals surface area contributed by atoms with Gasteiger partial charge in [-0.15, -0.1) is 12.4 Å². The zero-order valence-corrected chi connectivity index (χ0v) is 10.8. The molecule has 96 valence electrons. The summed E-state index contributed by atoms with van der Waals surface area (Å²) in [7, 11) is 0. The number of nitrogens with one attached hydrogen (secondary N) is 1. The molecule has 0 saturated heterocycles. The van der Waals surface area contributed by atoms with Crippen molar-refractivity contribution in [2.45, 2.75) is 13.3 Å². The molecule has 4 nitrogen and oxygen atoms in total. The van der Waals surface area contributed by atoms with Crippen LogP contribution in [-0.4, -0.2) is 25.6 Å². The Labute approximate surface area is 108 Å². The second kappa shape index (κ2) is 8.84. The molecule has 0 bridgehead atoms. The van der Waals surface area contributed by atoms with Gasteiger partial charge in [0.05, 0.1) is 6.61 Å². The van der Waals surface area contributed by atoms with Crippen molar-refractivity contribution in [2.24, 2.45) is 5.73 Å². The number of carbonyl (C=O) groups excluding carboxylic acids is 1. The third kappa shape index (κ3) is 5.56. The van der Waals surface area contributed by atoms with E-state index in [0.29, 0.717) is 31.0 Å². The van der Waals surface area contributed by atoms with E-state index in [-0.39, 0.29) is 18.3 Å². The number of halogens is 1. The molecular formula is C12H19ClN2O2. The van der Waals surface area contributed by atoms with Gasteiger partial charge in [0.25, 0.3) is 5.91 Å². The van der Waals surface area contributed by atoms with Crippen LogP contribution in [0.4, 0.5) is 0 Å². The third-order valence-corrected chi connectivity index (χ3v) is 2.07. The summed E-state index contributed by atoms with van der Waals surface area (Å²) in [6.45, 7) is 3.69. The van der Waals surface area contributed by atoms with Gasteiger partial charge in [0.2, 0.25) is 0 Å². The fourth-order valence-electron chi connectivity index (χ4n) is 1.30. The van der Waals surface area contributed by atoms with Crippen LogP contribution in [0.2, 0.25) is 0 Å². The molecule has 0 radical (unpaired) electrons. The predicted molar refractivity (Wildman–Crippen MR) is 70.9 cm³/mol. The van der Waals surface area contributed by atoms with E-state index in [1.165, 1.54) is 0 Å². The number of hydrogen-bond donors (Lipinski definition) is 2. The molecule has 3 N–H and O–H groups in total. The molecule has 0 aliphatic rings. The van der Waals surface area contributed by atoms with E-state index in [9.17, 15) is 4.79 Å². The van der Waals surface area contributed by atoms with Gasteiger partial charge in [-0.2, -0.15) is 0 Å². The highest BCUT2D eigenvalue weighted by molar-refractivity contribution is 5.94. The monoisotopic (exact) mass is 258 g/mol. The Hall–Kier alpha value is -1.26. The average molecular weight is 259 g/mol. The van der Waals surface area contributed by atoms with E-state index >= 15 is 0 Å². The summed E-state index contributed by atoms with van der Waals surface area (Å²) >= 11 is 0. The minimum atomic E-state index is -0.0880. The van der Waals surface area contributed by atoms with Crippen molar-refractivity contribution in [3.63, 3.8) is 0 Å². The van der Waals surface area contributed by atoms with Gasteiger partial charge in [0.15, 0.2) is 0 Å². The molecule has 1 rings (SSSR count). The summed E-state index contributed by atoms with van der Waals surface area (Å²) < 4.78 is 5.32. The molecule has 1 aromatic rings. The van der Waals surface area contributed by atoms with E-state index in [4.69, 9.17) is 10.5 Å². The summed E-state index contributed by atoms with van der Waals surface area (Å²) in [5, 5.41) is 2.79. The maximum Gasteiger partial charge on any atom is 0.251 e. The maximum atomic E-state index is 11.7. The molecule has 0 heterocycles. The van der Waals surface area contributed by atoms with Gasteiger partial charge in [-0.05, 0) is 38.1 Å². The minimum absolute atomic E-state index is 0. The largest absolute Gasteiger partial charge is 0.494 e. The number of rotatable bonds is 6. The van der Waals surface area contributed by atoms with Gasteiger partial charge in [-0.3, -0.25) is 4.79 Å². The van der Waals surface area contributed by atoms with Crippen LogP contribution in [0.5, 0.6) is 5.75 Å². The Kier molecular flexibility index (Phi) is 8.19. The second-order valence-corrected chi connectivity index (χ2v) is 3.36. The number of hydrogen-bond acceptors (Lipinski definition) is 3. The fraction of sp³-hybridized carbons (Fsp3) is 0.417. The number of amides is 1. The smallest absolute Gasteiger partial charge is 0.251 e. The van der Waals surface area contributed by atoms with E-state index < -0.39 is 0 Å². The van der Waals surface area contributed by atoms with Crippen molar-refractivity contribution in [1.29, 1.82) is 0 Å². The zero-order chi connectivity index (χ0) is 11.8. The van der Waals surface area contributed by atoms with Gasteiger partial charge >= 0.3 is 0 Å². The van der Waals surface area contributed by atoms with Crippen molar-refractivity contribution in [3.05, 3.63) is 29.8 Å². The molecule has 0 aliphatic heterocycles. The van der Waals surface area contributed by atoms with Gasteiger partial charge < -0.3 is 15.8 Å². The molecule has 0 saturated carbocycles. The standard InChI is InChI=1S/C12H18N2O2.ClH/c1-2-16-11-6-3-5-10(9-11)12(15)14-8-4-7-13;/h3,5-6,9H,2,4,7-8,13H2,1H3,(H,14,15);1H. The van der Waals surface area contributed by atoms with Crippen molar-refractivity contribution in [1.82, 2.24) is 5.32 Å². The highest BCUT2D eigenvalue weighted by atomic mass is 35.5. The molecule has 17 heavy (non-hydrogen) atoms. The Morgan fingerprint density at radius 3 is 2.88 bits per heavy atom. The van der Waals surface area contributed by atoms with Crippen molar-refractivity contribution >= 4 is 18.3 Å². The normalized spacial score (nSPS) is 9.29. The molecule has 0 spiro atoms. The molecule has 1 amide bonds. The Balaban J connectivity index is 0.00000256. The zero-order valence-electron chi connectivity index (χ0n) is 9.94. The second-order valence-electron chi connectivity index (χ2n) is 3.36. The number of benzene rings is 1. The van der Waals surface area contributed by atoms with Crippen molar-refractivity contribution < 1.29 is 9.53 Å². The van der Waals surface area contributed by atoms with E-state index in [0.717, 1.165) is 6.42 Å². The van der Waals surface area contributed by atoms with Crippen LogP contribution in [0.3, 0.4) is 0 Å². The van der Waals surface area contributed by atoms with Gasteiger partial charge in [0, 0.05) is 12.1 Å². The summed E-state index contributed by atoms with van der Waals surface area (Å²) in [6, 6.07) is 7.14. The Morgan fingerprint density at radius 1 is 1.47 bits per heavy atom. The SMILES string of the molecule is CCOc1cccc(C(=O)NCCCN)c1.Cl. The van der Waals surface area contributed by atoms with Crippen LogP contribution in [0.1, 0.15) is 23.7 Å². The van der Waals surface area contributed by atoms with Crippen LogP contribution in [0, 0.1) is 0 Å². The maximum absolute atomic E-state index is 11.7. The first-order valence-electron chi connectivity index (χ1n) is 5.49. The Morgan fingerprint density at radius 2 is 2.24 bits per heavy atom. The summed E-state index contributed by atoms with van der Waals surface area (Å²) in [6.07, 6.45) is 0.789. The van der Waals surface area contributed by atoms with E-state index in [1.807, 2.05) is 19.1 Å². The predicted octanol–water partition coefficient (Wildman–Crippen LogP) is 1.59. The van der Waals surface area contributed by atoms with Crippen LogP contribution in [-0.2, 0) is 0 Å². The highest BCUT2D eigenvalue weighted by Crippen LogP contribution is 2.12. The van der Waals surface area contributed by atoms with E-state index in [1.54, 1.807) is 12.1 Å². The number of ether oxygens (including phenoxy) is 1. The highest BCUT2D eigenvalue weighted by Gasteiger charge is 2.05. The van der Waals surface area contributed by atoms with Gasteiger partial charge in [0.1, 0.15) is 5.75 Å². The lowest BCUT2D eigenvalue weighted by Crippen LogP contribution is -2.25. The van der Waals surface area contributed by atoms with Crippen LogP contribution >= 0.6 is 12.4 Å². The van der Waals surface area contributed by atoms with Gasteiger partial charge in [-0.25, -0.2) is 0 Å². The molecular weight excluding hydrogens is 240 g/mol. The summed E-state index contributed by atoms with van der Waals surface area (Å²) in [5.74, 6) is 0.629. The fourth-order valence-corrected chi connectivity index (χ4v) is 1.30. The van der Waals surface area contributed by atoms with Crippen molar-refractivity contribution in [2.75, 3.05) is 19.7 Å². The lowest BCUT2D eigenvalue weighted by molar-refractivity contribution is 0.0953.